The maximum atomic E-state index is 13.1. The zero-order valence-electron chi connectivity index (χ0n) is 14.6. The highest BCUT2D eigenvalue weighted by atomic mass is 19.4. The molecule has 2 rings (SSSR count). The van der Waals surface area contributed by atoms with E-state index in [9.17, 15) is 26.3 Å². The van der Waals surface area contributed by atoms with Crippen LogP contribution >= 0.6 is 0 Å². The lowest BCUT2D eigenvalue weighted by atomic mass is 10.2. The number of nitrogens with zero attached hydrogens (tertiary/aromatic N) is 2. The van der Waals surface area contributed by atoms with Crippen LogP contribution in [0.4, 0.5) is 43.8 Å². The van der Waals surface area contributed by atoms with Gasteiger partial charge >= 0.3 is 12.5 Å². The summed E-state index contributed by atoms with van der Waals surface area (Å²) in [6.45, 7) is 2.60. The number of ether oxygens (including phenoxy) is 1. The molecule has 0 radical (unpaired) electrons. The summed E-state index contributed by atoms with van der Waals surface area (Å²) in [5.41, 5.74) is -0.720. The molecule has 0 unspecified atom stereocenters. The van der Waals surface area contributed by atoms with Gasteiger partial charge in [-0.05, 0) is 37.6 Å². The summed E-state index contributed by atoms with van der Waals surface area (Å²) >= 11 is 0. The Morgan fingerprint density at radius 3 is 2.32 bits per heavy atom. The molecule has 0 aliphatic rings. The summed E-state index contributed by atoms with van der Waals surface area (Å²) in [4.78, 5) is 7.27. The largest absolute Gasteiger partial charge is 0.573 e. The Labute approximate surface area is 155 Å². The molecule has 0 saturated carbocycles. The first kappa shape index (κ1) is 21.5. The summed E-state index contributed by atoms with van der Waals surface area (Å²) in [6.07, 6.45) is -9.61. The maximum Gasteiger partial charge on any atom is 0.573 e. The molecule has 3 N–H and O–H groups in total. The predicted molar refractivity (Wildman–Crippen MR) is 88.3 cm³/mol. The minimum atomic E-state index is -4.86. The van der Waals surface area contributed by atoms with Crippen molar-refractivity contribution in [2.45, 2.75) is 32.4 Å². The van der Waals surface area contributed by atoms with Crippen molar-refractivity contribution in [3.05, 3.63) is 35.5 Å². The van der Waals surface area contributed by atoms with Crippen molar-refractivity contribution in [2.75, 3.05) is 17.2 Å². The molecule has 0 bridgehead atoms. The summed E-state index contributed by atoms with van der Waals surface area (Å²) in [6, 6.07) is 3.37. The molecule has 1 atom stereocenters. The molecular weight excluding hydrogens is 394 g/mol. The number of hydrogen-bond donors (Lipinski definition) is 3. The van der Waals surface area contributed by atoms with E-state index in [-0.39, 0.29) is 29.6 Å². The average molecular weight is 410 g/mol. The number of nitrogens with one attached hydrogen (secondary N) is 2. The number of rotatable bonds is 6. The van der Waals surface area contributed by atoms with E-state index in [1.807, 2.05) is 0 Å². The second kappa shape index (κ2) is 8.09. The number of aliphatic hydroxyl groups excluding tert-OH is 1. The Morgan fingerprint density at radius 1 is 1.11 bits per heavy atom. The molecule has 6 nitrogen and oxygen atoms in total. The van der Waals surface area contributed by atoms with Crippen LogP contribution in [0.3, 0.4) is 0 Å². The zero-order valence-corrected chi connectivity index (χ0v) is 14.6. The van der Waals surface area contributed by atoms with Crippen molar-refractivity contribution in [3.63, 3.8) is 0 Å². The van der Waals surface area contributed by atoms with Crippen LogP contribution in [-0.2, 0) is 6.18 Å². The number of alkyl halides is 6. The first-order valence-corrected chi connectivity index (χ1v) is 7.84. The van der Waals surface area contributed by atoms with Crippen LogP contribution in [0.2, 0.25) is 0 Å². The molecule has 154 valence electrons. The smallest absolute Gasteiger partial charge is 0.406 e. The Morgan fingerprint density at radius 2 is 1.79 bits per heavy atom. The predicted octanol–water partition coefficient (Wildman–Crippen LogP) is 4.24. The van der Waals surface area contributed by atoms with Gasteiger partial charge in [0.1, 0.15) is 11.6 Å². The van der Waals surface area contributed by atoms with Gasteiger partial charge in [-0.1, -0.05) is 0 Å². The van der Waals surface area contributed by atoms with E-state index in [1.165, 1.54) is 19.9 Å². The lowest BCUT2D eigenvalue weighted by molar-refractivity contribution is -0.274. The van der Waals surface area contributed by atoms with Crippen LogP contribution in [-0.4, -0.2) is 34.1 Å². The van der Waals surface area contributed by atoms with Gasteiger partial charge in [-0.2, -0.15) is 18.2 Å². The fraction of sp³-hybridized carbons (Fsp3) is 0.375. The number of halogens is 6. The number of aryl methyl sites for hydroxylation is 1. The summed E-state index contributed by atoms with van der Waals surface area (Å²) in [5, 5.41) is 14.2. The molecule has 1 aromatic heterocycles. The molecule has 0 aliphatic carbocycles. The number of hydrogen-bond acceptors (Lipinski definition) is 6. The lowest BCUT2D eigenvalue weighted by Gasteiger charge is -2.16. The van der Waals surface area contributed by atoms with Gasteiger partial charge < -0.3 is 20.5 Å². The number of anilines is 3. The summed E-state index contributed by atoms with van der Waals surface area (Å²) < 4.78 is 79.8. The van der Waals surface area contributed by atoms with Gasteiger partial charge in [-0.3, -0.25) is 0 Å². The SMILES string of the molecule is Cc1cc(OC(F)(F)F)ccc1Nc1cc(C(F)(F)F)nc(N[C@@H](C)CO)n1. The van der Waals surface area contributed by atoms with E-state index in [0.717, 1.165) is 12.1 Å². The normalized spacial score (nSPS) is 13.2. The first-order valence-electron chi connectivity index (χ1n) is 7.84. The van der Waals surface area contributed by atoms with E-state index in [0.29, 0.717) is 6.07 Å². The monoisotopic (exact) mass is 410 g/mol. The third-order valence-corrected chi connectivity index (χ3v) is 3.36. The maximum absolute atomic E-state index is 13.1. The topological polar surface area (TPSA) is 79.3 Å². The van der Waals surface area contributed by atoms with E-state index in [1.54, 1.807) is 0 Å². The van der Waals surface area contributed by atoms with Crippen LogP contribution in [0, 0.1) is 6.92 Å². The van der Waals surface area contributed by atoms with E-state index >= 15 is 0 Å². The van der Waals surface area contributed by atoms with Crippen molar-refractivity contribution in [3.8, 4) is 5.75 Å². The number of aliphatic hydroxyl groups is 1. The van der Waals surface area contributed by atoms with Crippen LogP contribution in [0.15, 0.2) is 24.3 Å². The highest BCUT2D eigenvalue weighted by Gasteiger charge is 2.34. The summed E-state index contributed by atoms with van der Waals surface area (Å²) in [5.74, 6) is -1.07. The molecule has 1 heterocycles. The highest BCUT2D eigenvalue weighted by molar-refractivity contribution is 5.62. The molecule has 0 spiro atoms. The Balaban J connectivity index is 2.33. The fourth-order valence-corrected chi connectivity index (χ4v) is 2.10. The minimum absolute atomic E-state index is 0.225. The lowest BCUT2D eigenvalue weighted by Crippen LogP contribution is -2.22. The highest BCUT2D eigenvalue weighted by Crippen LogP contribution is 2.32. The quantitative estimate of drug-likeness (QED) is 0.619. The van der Waals surface area contributed by atoms with Gasteiger partial charge in [0.2, 0.25) is 5.95 Å². The van der Waals surface area contributed by atoms with Gasteiger partial charge in [0.15, 0.2) is 5.69 Å². The van der Waals surface area contributed by atoms with Gasteiger partial charge in [-0.15, -0.1) is 13.2 Å². The molecule has 0 saturated heterocycles. The van der Waals surface area contributed by atoms with E-state index in [2.05, 4.69) is 25.3 Å². The van der Waals surface area contributed by atoms with Crippen LogP contribution in [0.1, 0.15) is 18.2 Å². The Bertz CT molecular complexity index is 826. The van der Waals surface area contributed by atoms with Gasteiger partial charge in [0.05, 0.1) is 6.61 Å². The van der Waals surface area contributed by atoms with E-state index < -0.39 is 30.0 Å². The second-order valence-electron chi connectivity index (χ2n) is 5.84. The average Bonchev–Trinajstić information content (AvgIpc) is 2.55. The number of benzene rings is 1. The van der Waals surface area contributed by atoms with Crippen molar-refractivity contribution in [2.24, 2.45) is 0 Å². The van der Waals surface area contributed by atoms with Crippen molar-refractivity contribution < 1.29 is 36.2 Å². The van der Waals surface area contributed by atoms with Crippen LogP contribution in [0.5, 0.6) is 5.75 Å². The molecular formula is C16H16F6N4O2. The minimum Gasteiger partial charge on any atom is -0.406 e. The molecule has 0 fully saturated rings. The number of aromatic nitrogens is 2. The molecule has 1 aromatic carbocycles. The third-order valence-electron chi connectivity index (χ3n) is 3.36. The van der Waals surface area contributed by atoms with Gasteiger partial charge in [-0.25, -0.2) is 4.98 Å². The van der Waals surface area contributed by atoms with E-state index in [4.69, 9.17) is 5.11 Å². The standard InChI is InChI=1S/C16H16F6N4O2/c1-8-5-10(28-16(20,21)22)3-4-11(8)24-13-6-12(15(17,18)19)25-14(26-13)23-9(2)7-27/h3-6,9,27H,7H2,1-2H3,(H2,23,24,25,26)/t9-/m0/s1. The molecule has 2 aromatic rings. The van der Waals surface area contributed by atoms with Crippen LogP contribution < -0.4 is 15.4 Å². The third kappa shape index (κ3) is 6.15. The molecule has 12 heteroatoms. The van der Waals surface area contributed by atoms with Gasteiger partial charge in [0, 0.05) is 17.8 Å². The summed E-state index contributed by atoms with van der Waals surface area (Å²) in [7, 11) is 0. The van der Waals surface area contributed by atoms with Gasteiger partial charge in [0.25, 0.3) is 0 Å². The fourth-order valence-electron chi connectivity index (χ4n) is 2.10. The van der Waals surface area contributed by atoms with Crippen molar-refractivity contribution in [1.29, 1.82) is 0 Å². The zero-order chi connectivity index (χ0) is 21.1. The molecule has 28 heavy (non-hydrogen) atoms. The van der Waals surface area contributed by atoms with Crippen LogP contribution in [0.25, 0.3) is 0 Å². The van der Waals surface area contributed by atoms with Crippen molar-refractivity contribution >= 4 is 17.5 Å². The molecule has 0 amide bonds. The first-order chi connectivity index (χ1) is 12.9. The van der Waals surface area contributed by atoms with Crippen molar-refractivity contribution in [1.82, 2.24) is 9.97 Å². The Kier molecular flexibility index (Phi) is 6.22. The molecule has 0 aliphatic heterocycles. The Hall–Kier alpha value is -2.76. The second-order valence-corrected chi connectivity index (χ2v) is 5.84.